The smallest absolute Gasteiger partial charge is 0.331 e. The van der Waals surface area contributed by atoms with Gasteiger partial charge in [-0.25, -0.2) is 4.79 Å². The van der Waals surface area contributed by atoms with Gasteiger partial charge in [-0.15, -0.1) is 0 Å². The van der Waals surface area contributed by atoms with Crippen LogP contribution in [0, 0.1) is 5.41 Å². The average molecular weight is 262 g/mol. The fourth-order valence-electron chi connectivity index (χ4n) is 1.46. The van der Waals surface area contributed by atoms with Crippen LogP contribution in [-0.2, 0) is 14.3 Å². The van der Waals surface area contributed by atoms with E-state index in [1.807, 2.05) is 6.07 Å². The largest absolute Gasteiger partial charge is 0.466 e. The van der Waals surface area contributed by atoms with Gasteiger partial charge in [0.25, 0.3) is 5.91 Å². The van der Waals surface area contributed by atoms with Crippen LogP contribution in [0.25, 0.3) is 0 Å². The van der Waals surface area contributed by atoms with E-state index in [-0.39, 0.29) is 16.0 Å². The van der Waals surface area contributed by atoms with Crippen molar-refractivity contribution >= 4 is 34.5 Å². The Morgan fingerprint density at radius 1 is 1.39 bits per heavy atom. The van der Waals surface area contributed by atoms with Gasteiger partial charge in [-0.3, -0.25) is 15.1 Å². The van der Waals surface area contributed by atoms with Crippen LogP contribution in [0.15, 0.2) is 41.3 Å². The van der Waals surface area contributed by atoms with Gasteiger partial charge in [0.15, 0.2) is 5.17 Å². The molecule has 0 atom stereocenters. The van der Waals surface area contributed by atoms with Gasteiger partial charge in [-0.05, 0) is 23.9 Å². The molecule has 2 rings (SSSR count). The number of amidine groups is 1. The van der Waals surface area contributed by atoms with Crippen molar-refractivity contribution in [1.82, 2.24) is 0 Å². The van der Waals surface area contributed by atoms with Crippen molar-refractivity contribution in [3.8, 4) is 0 Å². The van der Waals surface area contributed by atoms with Gasteiger partial charge in [0, 0.05) is 6.08 Å². The molecule has 92 valence electrons. The van der Waals surface area contributed by atoms with E-state index < -0.39 is 5.97 Å². The van der Waals surface area contributed by atoms with E-state index in [9.17, 15) is 9.59 Å². The summed E-state index contributed by atoms with van der Waals surface area (Å²) >= 11 is 0.940. The summed E-state index contributed by atoms with van der Waals surface area (Å²) in [6.07, 6.45) is 1.10. The number of methoxy groups -OCH3 is 1. The Morgan fingerprint density at radius 2 is 2.06 bits per heavy atom. The Morgan fingerprint density at radius 3 is 2.67 bits per heavy atom. The van der Waals surface area contributed by atoms with Crippen LogP contribution in [0.2, 0.25) is 0 Å². The van der Waals surface area contributed by atoms with Crippen molar-refractivity contribution in [2.45, 2.75) is 0 Å². The van der Waals surface area contributed by atoms with Gasteiger partial charge in [-0.1, -0.05) is 18.2 Å². The molecule has 0 aromatic heterocycles. The summed E-state index contributed by atoms with van der Waals surface area (Å²) in [7, 11) is 1.24. The maximum atomic E-state index is 12.1. The number of amides is 1. The van der Waals surface area contributed by atoms with Crippen LogP contribution < -0.4 is 4.90 Å². The number of esters is 1. The van der Waals surface area contributed by atoms with E-state index >= 15 is 0 Å². The van der Waals surface area contributed by atoms with E-state index in [0.717, 1.165) is 17.8 Å². The van der Waals surface area contributed by atoms with Gasteiger partial charge in [0.2, 0.25) is 0 Å². The number of carbonyl (C=O) groups is 2. The van der Waals surface area contributed by atoms with Crippen molar-refractivity contribution in [1.29, 1.82) is 5.41 Å². The van der Waals surface area contributed by atoms with Crippen molar-refractivity contribution in [3.05, 3.63) is 41.3 Å². The number of para-hydroxylation sites is 1. The van der Waals surface area contributed by atoms with Gasteiger partial charge >= 0.3 is 5.97 Å². The zero-order chi connectivity index (χ0) is 13.1. The highest BCUT2D eigenvalue weighted by Gasteiger charge is 2.34. The molecular formula is C12H10N2O3S. The molecule has 1 N–H and O–H groups in total. The summed E-state index contributed by atoms with van der Waals surface area (Å²) in [6, 6.07) is 8.85. The maximum Gasteiger partial charge on any atom is 0.331 e. The fraction of sp³-hybridized carbons (Fsp3) is 0.0833. The Kier molecular flexibility index (Phi) is 3.47. The monoisotopic (exact) mass is 262 g/mol. The molecule has 1 aromatic rings. The average Bonchev–Trinajstić information content (AvgIpc) is 2.65. The normalized spacial score (nSPS) is 17.4. The van der Waals surface area contributed by atoms with E-state index in [1.165, 1.54) is 12.0 Å². The Labute approximate surface area is 108 Å². The predicted molar refractivity (Wildman–Crippen MR) is 69.3 cm³/mol. The zero-order valence-corrected chi connectivity index (χ0v) is 10.4. The lowest BCUT2D eigenvalue weighted by molar-refractivity contribution is -0.135. The molecule has 1 heterocycles. The first-order valence-corrected chi connectivity index (χ1v) is 5.90. The van der Waals surface area contributed by atoms with Gasteiger partial charge < -0.3 is 4.74 Å². The lowest BCUT2D eigenvalue weighted by atomic mass is 10.3. The minimum Gasteiger partial charge on any atom is -0.466 e. The summed E-state index contributed by atoms with van der Waals surface area (Å²) < 4.78 is 4.47. The third-order valence-electron chi connectivity index (χ3n) is 2.29. The molecule has 0 saturated carbocycles. The number of benzene rings is 1. The van der Waals surface area contributed by atoms with Gasteiger partial charge in [0.05, 0.1) is 17.7 Å². The number of anilines is 1. The van der Waals surface area contributed by atoms with Crippen molar-refractivity contribution in [3.63, 3.8) is 0 Å². The molecule has 18 heavy (non-hydrogen) atoms. The second kappa shape index (κ2) is 5.05. The van der Waals surface area contributed by atoms with E-state index in [0.29, 0.717) is 5.69 Å². The van der Waals surface area contributed by atoms with Gasteiger partial charge in [-0.2, -0.15) is 0 Å². The summed E-state index contributed by atoms with van der Waals surface area (Å²) in [6.45, 7) is 0. The molecule has 6 heteroatoms. The fourth-order valence-corrected chi connectivity index (χ4v) is 2.29. The number of rotatable bonds is 2. The zero-order valence-electron chi connectivity index (χ0n) is 9.54. The van der Waals surface area contributed by atoms with Crippen molar-refractivity contribution in [2.24, 2.45) is 0 Å². The first-order valence-electron chi connectivity index (χ1n) is 5.09. The summed E-state index contributed by atoms with van der Waals surface area (Å²) in [5, 5.41) is 7.85. The van der Waals surface area contributed by atoms with E-state index in [1.54, 1.807) is 24.3 Å². The molecule has 0 unspecified atom stereocenters. The first kappa shape index (κ1) is 12.4. The third-order valence-corrected chi connectivity index (χ3v) is 3.18. The molecule has 5 nitrogen and oxygen atoms in total. The molecule has 1 fully saturated rings. The number of ether oxygens (including phenoxy) is 1. The summed E-state index contributed by atoms with van der Waals surface area (Å²) in [5.41, 5.74) is 0.605. The second-order valence-corrected chi connectivity index (χ2v) is 4.45. The number of hydrogen-bond acceptors (Lipinski definition) is 5. The molecular weight excluding hydrogens is 252 g/mol. The van der Waals surface area contributed by atoms with Crippen LogP contribution in [0.1, 0.15) is 0 Å². The highest BCUT2D eigenvalue weighted by Crippen LogP contribution is 2.33. The minimum absolute atomic E-state index is 0.0707. The topological polar surface area (TPSA) is 70.5 Å². The highest BCUT2D eigenvalue weighted by molar-refractivity contribution is 8.19. The lowest BCUT2D eigenvalue weighted by Crippen LogP contribution is -2.28. The number of thioether (sulfide) groups is 1. The molecule has 1 saturated heterocycles. The third kappa shape index (κ3) is 2.28. The van der Waals surface area contributed by atoms with E-state index in [4.69, 9.17) is 5.41 Å². The first-order chi connectivity index (χ1) is 8.63. The van der Waals surface area contributed by atoms with Crippen LogP contribution in [0.3, 0.4) is 0 Å². The molecule has 1 amide bonds. The molecule has 0 spiro atoms. The predicted octanol–water partition coefficient (Wildman–Crippen LogP) is 1.76. The van der Waals surface area contributed by atoms with E-state index in [2.05, 4.69) is 4.74 Å². The van der Waals surface area contributed by atoms with Crippen LogP contribution in [-0.4, -0.2) is 24.2 Å². The highest BCUT2D eigenvalue weighted by atomic mass is 32.2. The Hall–Kier alpha value is -2.08. The number of carbonyl (C=O) groups excluding carboxylic acids is 2. The van der Waals surface area contributed by atoms with Gasteiger partial charge in [0.1, 0.15) is 0 Å². The molecule has 1 aliphatic rings. The molecule has 0 bridgehead atoms. The quantitative estimate of drug-likeness (QED) is 0.651. The number of nitrogens with one attached hydrogen (secondary N) is 1. The van der Waals surface area contributed by atoms with Crippen LogP contribution in [0.5, 0.6) is 0 Å². The van der Waals surface area contributed by atoms with Crippen molar-refractivity contribution in [2.75, 3.05) is 12.0 Å². The Bertz CT molecular complexity index is 540. The molecule has 1 aromatic carbocycles. The SMILES string of the molecule is COC(=O)C=C1SC(=N)N(c2ccccc2)C1=O. The molecule has 1 aliphatic heterocycles. The minimum atomic E-state index is -0.603. The standard InChI is InChI=1S/C12H10N2O3S/c1-17-10(15)7-9-11(16)14(12(13)18-9)8-5-3-2-4-6-8/h2-7,13H,1H3. The summed E-state index contributed by atoms with van der Waals surface area (Å²) in [5.74, 6) is -0.991. The lowest BCUT2D eigenvalue weighted by Gasteiger charge is -2.13. The van der Waals surface area contributed by atoms with Crippen LogP contribution in [0.4, 0.5) is 5.69 Å². The van der Waals surface area contributed by atoms with Crippen molar-refractivity contribution < 1.29 is 14.3 Å². The maximum absolute atomic E-state index is 12.1. The Balaban J connectivity index is 2.31. The number of hydrogen-bond donors (Lipinski definition) is 1. The number of nitrogens with zero attached hydrogens (tertiary/aromatic N) is 1. The second-order valence-electron chi connectivity index (χ2n) is 3.42. The molecule has 0 aliphatic carbocycles. The van der Waals surface area contributed by atoms with Crippen LogP contribution >= 0.6 is 11.8 Å². The summed E-state index contributed by atoms with van der Waals surface area (Å²) in [4.78, 5) is 24.6. The molecule has 0 radical (unpaired) electrons.